The largest absolute Gasteiger partial charge is 0.353 e. The average molecular weight is 380 g/mol. The lowest BCUT2D eigenvalue weighted by Crippen LogP contribution is -2.33. The summed E-state index contributed by atoms with van der Waals surface area (Å²) in [5.74, 6) is -0.108. The van der Waals surface area contributed by atoms with E-state index in [1.165, 1.54) is 24.2 Å². The molecule has 0 fully saturated rings. The Kier molecular flexibility index (Phi) is 8.08. The SMILES string of the molecule is CCCCC[C@@H](C)NC(=O)Cc1csc(NC(=O)Cc2cccs2)n1. The van der Waals surface area contributed by atoms with E-state index in [4.69, 9.17) is 0 Å². The van der Waals surface area contributed by atoms with Gasteiger partial charge in [-0.05, 0) is 24.8 Å². The van der Waals surface area contributed by atoms with Crippen LogP contribution in [0.3, 0.4) is 0 Å². The van der Waals surface area contributed by atoms with Gasteiger partial charge in [-0.15, -0.1) is 22.7 Å². The molecule has 0 saturated carbocycles. The Morgan fingerprint density at radius 3 is 2.76 bits per heavy atom. The normalized spacial score (nSPS) is 11.9. The van der Waals surface area contributed by atoms with E-state index in [1.54, 1.807) is 11.3 Å². The second-order valence-electron chi connectivity index (χ2n) is 6.09. The number of rotatable bonds is 10. The molecule has 0 aliphatic heterocycles. The van der Waals surface area contributed by atoms with Crippen LogP contribution in [-0.4, -0.2) is 22.8 Å². The van der Waals surface area contributed by atoms with Crippen LogP contribution >= 0.6 is 22.7 Å². The second kappa shape index (κ2) is 10.3. The molecule has 25 heavy (non-hydrogen) atoms. The average Bonchev–Trinajstić information content (AvgIpc) is 3.19. The number of unbranched alkanes of at least 4 members (excludes halogenated alkanes) is 2. The summed E-state index contributed by atoms with van der Waals surface area (Å²) in [4.78, 5) is 29.4. The van der Waals surface area contributed by atoms with Crippen LogP contribution in [0.4, 0.5) is 5.13 Å². The maximum absolute atomic E-state index is 12.1. The number of carbonyl (C=O) groups is 2. The van der Waals surface area contributed by atoms with Crippen LogP contribution in [0.5, 0.6) is 0 Å². The maximum atomic E-state index is 12.1. The summed E-state index contributed by atoms with van der Waals surface area (Å²) in [6.45, 7) is 4.20. The first kappa shape index (κ1) is 19.6. The first-order valence-electron chi connectivity index (χ1n) is 8.62. The number of nitrogens with zero attached hydrogens (tertiary/aromatic N) is 1. The molecule has 2 heterocycles. The van der Waals surface area contributed by atoms with E-state index in [0.717, 1.165) is 17.7 Å². The molecule has 7 heteroatoms. The Bertz CT molecular complexity index is 668. The molecule has 0 unspecified atom stereocenters. The lowest BCUT2D eigenvalue weighted by molar-refractivity contribution is -0.121. The van der Waals surface area contributed by atoms with Gasteiger partial charge in [-0.2, -0.15) is 0 Å². The summed E-state index contributed by atoms with van der Waals surface area (Å²) >= 11 is 2.91. The molecular formula is C18H25N3O2S2. The number of anilines is 1. The van der Waals surface area contributed by atoms with E-state index in [1.807, 2.05) is 29.8 Å². The standard InChI is InChI=1S/C18H25N3O2S2/c1-3-4-5-7-13(2)19-16(22)10-14-12-25-18(20-14)21-17(23)11-15-8-6-9-24-15/h6,8-9,12-13H,3-5,7,10-11H2,1-2H3,(H,19,22)(H,20,21,23)/t13-/m1/s1. The minimum atomic E-state index is -0.0858. The van der Waals surface area contributed by atoms with Crippen molar-refractivity contribution in [2.24, 2.45) is 0 Å². The molecule has 0 aromatic carbocycles. The Morgan fingerprint density at radius 2 is 2.04 bits per heavy atom. The number of carbonyl (C=O) groups excluding carboxylic acids is 2. The van der Waals surface area contributed by atoms with Gasteiger partial charge in [0.05, 0.1) is 18.5 Å². The first-order valence-corrected chi connectivity index (χ1v) is 10.4. The summed E-state index contributed by atoms with van der Waals surface area (Å²) < 4.78 is 0. The highest BCUT2D eigenvalue weighted by molar-refractivity contribution is 7.14. The number of hydrogen-bond donors (Lipinski definition) is 2. The fourth-order valence-corrected chi connectivity index (χ4v) is 3.87. The summed E-state index contributed by atoms with van der Waals surface area (Å²) in [6.07, 6.45) is 5.11. The third kappa shape index (κ3) is 7.36. The smallest absolute Gasteiger partial charge is 0.231 e. The van der Waals surface area contributed by atoms with Crippen LogP contribution in [0, 0.1) is 0 Å². The van der Waals surface area contributed by atoms with Gasteiger partial charge in [0.2, 0.25) is 11.8 Å². The van der Waals surface area contributed by atoms with Crippen molar-refractivity contribution in [2.75, 3.05) is 5.32 Å². The number of thiophene rings is 1. The van der Waals surface area contributed by atoms with Crippen LogP contribution in [0.1, 0.15) is 50.1 Å². The lowest BCUT2D eigenvalue weighted by atomic mass is 10.1. The molecule has 136 valence electrons. The van der Waals surface area contributed by atoms with E-state index in [0.29, 0.717) is 17.2 Å². The molecule has 0 spiro atoms. The molecule has 0 aliphatic carbocycles. The van der Waals surface area contributed by atoms with Crippen LogP contribution in [-0.2, 0) is 22.4 Å². The van der Waals surface area contributed by atoms with Crippen LogP contribution in [0.2, 0.25) is 0 Å². The molecule has 2 rings (SSSR count). The van der Waals surface area contributed by atoms with E-state index >= 15 is 0 Å². The minimum Gasteiger partial charge on any atom is -0.353 e. The van der Waals surface area contributed by atoms with Gasteiger partial charge < -0.3 is 10.6 Å². The van der Waals surface area contributed by atoms with Crippen molar-refractivity contribution in [1.82, 2.24) is 10.3 Å². The third-order valence-electron chi connectivity index (χ3n) is 3.70. The Balaban J connectivity index is 1.74. The van der Waals surface area contributed by atoms with Gasteiger partial charge in [-0.25, -0.2) is 4.98 Å². The zero-order valence-corrected chi connectivity index (χ0v) is 16.3. The summed E-state index contributed by atoms with van der Waals surface area (Å²) in [6, 6.07) is 4.04. The van der Waals surface area contributed by atoms with E-state index in [2.05, 4.69) is 22.5 Å². The van der Waals surface area contributed by atoms with Crippen molar-refractivity contribution in [3.05, 3.63) is 33.5 Å². The Hall–Kier alpha value is -1.73. The highest BCUT2D eigenvalue weighted by Gasteiger charge is 2.12. The number of amides is 2. The Labute approximate surface area is 156 Å². The maximum Gasteiger partial charge on any atom is 0.231 e. The Morgan fingerprint density at radius 1 is 1.20 bits per heavy atom. The summed E-state index contributed by atoms with van der Waals surface area (Å²) in [7, 11) is 0. The zero-order chi connectivity index (χ0) is 18.1. The van der Waals surface area contributed by atoms with E-state index < -0.39 is 0 Å². The van der Waals surface area contributed by atoms with Crippen LogP contribution in [0.25, 0.3) is 0 Å². The molecule has 0 saturated heterocycles. The van der Waals surface area contributed by atoms with Crippen molar-refractivity contribution in [3.63, 3.8) is 0 Å². The number of hydrogen-bond acceptors (Lipinski definition) is 5. The van der Waals surface area contributed by atoms with Gasteiger partial charge in [0, 0.05) is 16.3 Å². The van der Waals surface area contributed by atoms with Crippen molar-refractivity contribution < 1.29 is 9.59 Å². The monoisotopic (exact) mass is 379 g/mol. The highest BCUT2D eigenvalue weighted by Crippen LogP contribution is 2.17. The number of aromatic nitrogens is 1. The third-order valence-corrected chi connectivity index (χ3v) is 5.39. The summed E-state index contributed by atoms with van der Waals surface area (Å²) in [5, 5.41) is 10.1. The van der Waals surface area contributed by atoms with Gasteiger partial charge in [0.25, 0.3) is 0 Å². The molecule has 5 nitrogen and oxygen atoms in total. The molecular weight excluding hydrogens is 354 g/mol. The van der Waals surface area contributed by atoms with Gasteiger partial charge >= 0.3 is 0 Å². The van der Waals surface area contributed by atoms with Gasteiger partial charge in [-0.1, -0.05) is 32.3 Å². The number of thiazole rings is 1. The van der Waals surface area contributed by atoms with Crippen LogP contribution < -0.4 is 10.6 Å². The minimum absolute atomic E-state index is 0.0224. The first-order chi connectivity index (χ1) is 12.1. The fraction of sp³-hybridized carbons (Fsp3) is 0.500. The van der Waals surface area contributed by atoms with Crippen molar-refractivity contribution >= 4 is 39.6 Å². The second-order valence-corrected chi connectivity index (χ2v) is 7.98. The molecule has 2 amide bonds. The molecule has 2 aromatic heterocycles. The predicted octanol–water partition coefficient (Wildman–Crippen LogP) is 4.01. The molecule has 0 bridgehead atoms. The highest BCUT2D eigenvalue weighted by atomic mass is 32.1. The fourth-order valence-electron chi connectivity index (χ4n) is 2.44. The predicted molar refractivity (Wildman–Crippen MR) is 104 cm³/mol. The van der Waals surface area contributed by atoms with Crippen molar-refractivity contribution in [1.29, 1.82) is 0 Å². The van der Waals surface area contributed by atoms with Gasteiger partial charge in [0.15, 0.2) is 5.13 Å². The van der Waals surface area contributed by atoms with E-state index in [9.17, 15) is 9.59 Å². The molecule has 2 aromatic rings. The zero-order valence-electron chi connectivity index (χ0n) is 14.7. The van der Waals surface area contributed by atoms with E-state index in [-0.39, 0.29) is 24.3 Å². The lowest BCUT2D eigenvalue weighted by Gasteiger charge is -2.12. The molecule has 0 radical (unpaired) electrons. The summed E-state index contributed by atoms with van der Waals surface area (Å²) in [5.41, 5.74) is 0.690. The molecule has 0 aliphatic rings. The van der Waals surface area contributed by atoms with Gasteiger partial charge in [-0.3, -0.25) is 9.59 Å². The topological polar surface area (TPSA) is 71.1 Å². The quantitative estimate of drug-likeness (QED) is 0.613. The van der Waals surface area contributed by atoms with Crippen LogP contribution in [0.15, 0.2) is 22.9 Å². The van der Waals surface area contributed by atoms with Crippen molar-refractivity contribution in [2.45, 2.75) is 58.4 Å². The number of nitrogens with one attached hydrogen (secondary N) is 2. The molecule has 2 N–H and O–H groups in total. The van der Waals surface area contributed by atoms with Gasteiger partial charge in [0.1, 0.15) is 0 Å². The van der Waals surface area contributed by atoms with Crippen molar-refractivity contribution in [3.8, 4) is 0 Å². The molecule has 1 atom stereocenters.